The Hall–Kier alpha value is -2.73. The normalized spacial score (nSPS) is 16.0. The lowest BCUT2D eigenvalue weighted by Gasteiger charge is -2.36. The van der Waals surface area contributed by atoms with E-state index < -0.39 is 6.09 Å². The second-order valence-electron chi connectivity index (χ2n) is 6.66. The van der Waals surface area contributed by atoms with Crippen LogP contribution >= 0.6 is 0 Å². The minimum atomic E-state index is -0.730. The molecule has 1 amide bonds. The van der Waals surface area contributed by atoms with Gasteiger partial charge in [0.25, 0.3) is 0 Å². The van der Waals surface area contributed by atoms with E-state index in [9.17, 15) is 4.79 Å². The zero-order chi connectivity index (χ0) is 19.1. The summed E-state index contributed by atoms with van der Waals surface area (Å²) in [5.41, 5.74) is 7.42. The number of ether oxygens (including phenoxy) is 2. The van der Waals surface area contributed by atoms with Gasteiger partial charge in [0.05, 0.1) is 7.11 Å². The molecule has 6 nitrogen and oxygen atoms in total. The number of anilines is 1. The summed E-state index contributed by atoms with van der Waals surface area (Å²) in [6, 6.07) is 17.9. The first-order valence-corrected chi connectivity index (χ1v) is 9.28. The van der Waals surface area contributed by atoms with Crippen LogP contribution in [0.5, 0.6) is 5.75 Å². The van der Waals surface area contributed by atoms with Crippen molar-refractivity contribution in [2.24, 2.45) is 5.73 Å². The number of carbonyl (C=O) groups is 1. The maximum absolute atomic E-state index is 11.3. The molecule has 1 aliphatic heterocycles. The molecular formula is C21H27N3O3. The molecule has 3 rings (SSSR count). The second kappa shape index (κ2) is 9.28. The molecule has 1 aliphatic rings. The highest BCUT2D eigenvalue weighted by atomic mass is 16.6. The van der Waals surface area contributed by atoms with E-state index in [0.717, 1.165) is 50.5 Å². The molecule has 2 N–H and O–H groups in total. The van der Waals surface area contributed by atoms with Gasteiger partial charge in [0.1, 0.15) is 11.9 Å². The lowest BCUT2D eigenvalue weighted by Crippen LogP contribution is -2.46. The van der Waals surface area contributed by atoms with Crippen molar-refractivity contribution in [2.45, 2.75) is 12.5 Å². The molecule has 1 saturated heterocycles. The molecule has 0 bridgehead atoms. The lowest BCUT2D eigenvalue weighted by molar-refractivity contribution is 0.0910. The van der Waals surface area contributed by atoms with Crippen molar-refractivity contribution in [1.29, 1.82) is 0 Å². The van der Waals surface area contributed by atoms with Crippen LogP contribution in [0.4, 0.5) is 10.5 Å². The van der Waals surface area contributed by atoms with Gasteiger partial charge in [-0.25, -0.2) is 4.79 Å². The lowest BCUT2D eigenvalue weighted by atomic mass is 10.1. The van der Waals surface area contributed by atoms with Crippen molar-refractivity contribution in [1.82, 2.24) is 4.90 Å². The summed E-state index contributed by atoms with van der Waals surface area (Å²) in [7, 11) is 1.69. The summed E-state index contributed by atoms with van der Waals surface area (Å²) in [6.07, 6.45) is -0.307. The predicted molar refractivity (Wildman–Crippen MR) is 106 cm³/mol. The van der Waals surface area contributed by atoms with Crippen molar-refractivity contribution in [3.63, 3.8) is 0 Å². The van der Waals surface area contributed by atoms with E-state index in [4.69, 9.17) is 15.2 Å². The largest absolute Gasteiger partial charge is 0.497 e. The van der Waals surface area contributed by atoms with Crippen LogP contribution in [0.15, 0.2) is 54.6 Å². The predicted octanol–water partition coefficient (Wildman–Crippen LogP) is 3.04. The Labute approximate surface area is 160 Å². The van der Waals surface area contributed by atoms with Gasteiger partial charge in [-0.05, 0) is 17.7 Å². The van der Waals surface area contributed by atoms with Crippen molar-refractivity contribution in [3.05, 3.63) is 60.2 Å². The Balaban J connectivity index is 1.52. The topological polar surface area (TPSA) is 68.0 Å². The van der Waals surface area contributed by atoms with Crippen LogP contribution in [0.25, 0.3) is 0 Å². The first-order valence-electron chi connectivity index (χ1n) is 9.28. The zero-order valence-electron chi connectivity index (χ0n) is 15.7. The summed E-state index contributed by atoms with van der Waals surface area (Å²) < 4.78 is 10.6. The molecule has 1 fully saturated rings. The first kappa shape index (κ1) is 19.0. The minimum absolute atomic E-state index is 0.305. The number of hydrogen-bond donors (Lipinski definition) is 1. The molecule has 2 aromatic carbocycles. The number of benzene rings is 2. The highest BCUT2D eigenvalue weighted by molar-refractivity contribution is 5.65. The van der Waals surface area contributed by atoms with Gasteiger partial charge in [-0.2, -0.15) is 0 Å². The number of hydrogen-bond acceptors (Lipinski definition) is 5. The number of methoxy groups -OCH3 is 1. The van der Waals surface area contributed by atoms with Gasteiger partial charge >= 0.3 is 6.09 Å². The second-order valence-corrected chi connectivity index (χ2v) is 6.66. The monoisotopic (exact) mass is 369 g/mol. The Morgan fingerprint density at radius 1 is 1.07 bits per heavy atom. The molecule has 0 spiro atoms. The average Bonchev–Trinajstić information content (AvgIpc) is 2.72. The molecule has 27 heavy (non-hydrogen) atoms. The third-order valence-corrected chi connectivity index (χ3v) is 4.93. The van der Waals surface area contributed by atoms with Gasteiger partial charge in [-0.3, -0.25) is 4.90 Å². The van der Waals surface area contributed by atoms with E-state index >= 15 is 0 Å². The van der Waals surface area contributed by atoms with E-state index in [0.29, 0.717) is 0 Å². The van der Waals surface area contributed by atoms with Crippen molar-refractivity contribution in [2.75, 3.05) is 44.7 Å². The van der Waals surface area contributed by atoms with E-state index in [1.54, 1.807) is 7.11 Å². The number of carbonyl (C=O) groups excluding carboxylic acids is 1. The summed E-state index contributed by atoms with van der Waals surface area (Å²) in [6.45, 7) is 4.71. The van der Waals surface area contributed by atoms with Crippen LogP contribution in [0.1, 0.15) is 18.1 Å². The fourth-order valence-corrected chi connectivity index (χ4v) is 3.44. The highest BCUT2D eigenvalue weighted by Gasteiger charge is 2.21. The number of piperazine rings is 1. The molecule has 0 saturated carbocycles. The number of nitrogens with two attached hydrogens (primary N) is 1. The van der Waals surface area contributed by atoms with Crippen LogP contribution in [-0.2, 0) is 4.74 Å². The molecule has 0 radical (unpaired) electrons. The molecule has 0 aromatic heterocycles. The van der Waals surface area contributed by atoms with E-state index in [-0.39, 0.29) is 6.10 Å². The Kier molecular flexibility index (Phi) is 6.54. The fraction of sp³-hybridized carbons (Fsp3) is 0.381. The van der Waals surface area contributed by atoms with E-state index in [2.05, 4.69) is 21.9 Å². The molecule has 1 heterocycles. The standard InChI is InChI=1S/C21H27N3O3/c1-26-19-9-5-8-18(16-19)24-14-12-23(13-15-24)11-10-20(27-21(22)25)17-6-3-2-4-7-17/h2-9,16,20H,10-15H2,1H3,(H2,22,25). The summed E-state index contributed by atoms with van der Waals surface area (Å²) in [5, 5.41) is 0. The van der Waals surface area contributed by atoms with Crippen LogP contribution in [0.3, 0.4) is 0 Å². The quantitative estimate of drug-likeness (QED) is 0.812. The SMILES string of the molecule is COc1cccc(N2CCN(CCC(OC(N)=O)c3ccccc3)CC2)c1. The van der Waals surface area contributed by atoms with Gasteiger partial charge < -0.3 is 20.1 Å². The van der Waals surface area contributed by atoms with Crippen molar-refractivity contribution in [3.8, 4) is 5.75 Å². The van der Waals surface area contributed by atoms with Gasteiger partial charge in [0, 0.05) is 50.9 Å². The highest BCUT2D eigenvalue weighted by Crippen LogP contribution is 2.24. The van der Waals surface area contributed by atoms with Crippen LogP contribution < -0.4 is 15.4 Å². The molecule has 144 valence electrons. The van der Waals surface area contributed by atoms with E-state index in [1.165, 1.54) is 5.69 Å². The van der Waals surface area contributed by atoms with Crippen molar-refractivity contribution >= 4 is 11.8 Å². The summed E-state index contributed by atoms with van der Waals surface area (Å²) >= 11 is 0. The van der Waals surface area contributed by atoms with Gasteiger partial charge in [0.15, 0.2) is 0 Å². The number of primary amides is 1. The summed E-state index contributed by atoms with van der Waals surface area (Å²) in [4.78, 5) is 16.0. The maximum Gasteiger partial charge on any atom is 0.405 e. The van der Waals surface area contributed by atoms with Crippen LogP contribution in [-0.4, -0.2) is 50.8 Å². The third kappa shape index (κ3) is 5.37. The smallest absolute Gasteiger partial charge is 0.405 e. The number of amides is 1. The summed E-state index contributed by atoms with van der Waals surface area (Å²) in [5.74, 6) is 0.879. The molecule has 1 unspecified atom stereocenters. The fourth-order valence-electron chi connectivity index (χ4n) is 3.44. The van der Waals surface area contributed by atoms with E-state index in [1.807, 2.05) is 42.5 Å². The molecule has 2 aromatic rings. The Morgan fingerprint density at radius 2 is 1.81 bits per heavy atom. The van der Waals surface area contributed by atoms with Crippen LogP contribution in [0, 0.1) is 0 Å². The van der Waals surface area contributed by atoms with Gasteiger partial charge in [-0.1, -0.05) is 36.4 Å². The first-order chi connectivity index (χ1) is 13.2. The molecule has 1 atom stereocenters. The van der Waals surface area contributed by atoms with Crippen LogP contribution in [0.2, 0.25) is 0 Å². The molecule has 6 heteroatoms. The molecule has 0 aliphatic carbocycles. The van der Waals surface area contributed by atoms with Crippen molar-refractivity contribution < 1.29 is 14.3 Å². The maximum atomic E-state index is 11.3. The zero-order valence-corrected chi connectivity index (χ0v) is 15.7. The Bertz CT molecular complexity index is 730. The minimum Gasteiger partial charge on any atom is -0.497 e. The van der Waals surface area contributed by atoms with Gasteiger partial charge in [-0.15, -0.1) is 0 Å². The average molecular weight is 369 g/mol. The number of nitrogens with zero attached hydrogens (tertiary/aromatic N) is 2. The third-order valence-electron chi connectivity index (χ3n) is 4.93. The Morgan fingerprint density at radius 3 is 2.48 bits per heavy atom. The van der Waals surface area contributed by atoms with Gasteiger partial charge in [0.2, 0.25) is 0 Å². The molecular weight excluding hydrogens is 342 g/mol. The number of rotatable bonds is 7.